The number of hydrogen-bond donors (Lipinski definition) is 1. The third-order valence-corrected chi connectivity index (χ3v) is 4.34. The predicted molar refractivity (Wildman–Crippen MR) is 105 cm³/mol. The summed E-state index contributed by atoms with van der Waals surface area (Å²) in [6.45, 7) is 1.63. The summed E-state index contributed by atoms with van der Waals surface area (Å²) in [5.74, 6) is -2.13. The van der Waals surface area contributed by atoms with Crippen LogP contribution in [0.1, 0.15) is 19.2 Å². The molecule has 0 bridgehead atoms. The van der Waals surface area contributed by atoms with Crippen LogP contribution < -0.4 is 5.32 Å². The molecular weight excluding hydrogens is 394 g/mol. The minimum Gasteiger partial charge on any atom is -0.421 e. The highest BCUT2D eigenvalue weighted by molar-refractivity contribution is 5.94. The van der Waals surface area contributed by atoms with Gasteiger partial charge < -0.3 is 14.6 Å². The Hall–Kier alpha value is -3.62. The van der Waals surface area contributed by atoms with E-state index in [2.05, 4.69) is 15.5 Å². The first-order valence-electron chi connectivity index (χ1n) is 9.37. The lowest BCUT2D eigenvalue weighted by molar-refractivity contribution is -0.134. The maximum Gasteiger partial charge on any atom is 0.247 e. The number of anilines is 1. The molecule has 0 fully saturated rings. The molecule has 7 nitrogen and oxygen atoms in total. The summed E-state index contributed by atoms with van der Waals surface area (Å²) in [4.78, 5) is 25.9. The van der Waals surface area contributed by atoms with Crippen molar-refractivity contribution in [3.05, 3.63) is 66.1 Å². The van der Waals surface area contributed by atoms with Crippen LogP contribution in [0, 0.1) is 11.6 Å². The van der Waals surface area contributed by atoms with Crippen LogP contribution in [0.4, 0.5) is 14.5 Å². The highest BCUT2D eigenvalue weighted by Crippen LogP contribution is 2.19. The molecule has 0 aliphatic heterocycles. The van der Waals surface area contributed by atoms with Gasteiger partial charge in [0.05, 0.1) is 6.54 Å². The Kier molecular flexibility index (Phi) is 6.84. The standard InChI is InChI=1S/C21H20F2N4O3/c1-2-27(13-17(28)24-20-15(22)9-6-10-16(20)23)19(29)12-11-18-25-26-21(30-18)14-7-4-3-5-8-14/h3-10H,2,11-13H2,1H3,(H,24,28). The molecule has 156 valence electrons. The number of para-hydroxylation sites is 1. The summed E-state index contributed by atoms with van der Waals surface area (Å²) >= 11 is 0. The predicted octanol–water partition coefficient (Wildman–Crippen LogP) is 3.43. The number of carbonyl (C=O) groups excluding carboxylic acids is 2. The molecule has 1 heterocycles. The van der Waals surface area contributed by atoms with Crippen LogP contribution in [-0.2, 0) is 16.0 Å². The molecule has 0 spiro atoms. The summed E-state index contributed by atoms with van der Waals surface area (Å²) in [5, 5.41) is 10.1. The molecule has 0 aliphatic rings. The number of hydrogen-bond acceptors (Lipinski definition) is 5. The van der Waals surface area contributed by atoms with E-state index < -0.39 is 23.2 Å². The molecule has 0 saturated heterocycles. The van der Waals surface area contributed by atoms with Crippen molar-refractivity contribution in [2.75, 3.05) is 18.4 Å². The van der Waals surface area contributed by atoms with Crippen molar-refractivity contribution in [3.8, 4) is 11.5 Å². The zero-order valence-corrected chi connectivity index (χ0v) is 16.3. The minimum absolute atomic E-state index is 0.0472. The average molecular weight is 414 g/mol. The number of likely N-dealkylation sites (N-methyl/N-ethyl adjacent to an activating group) is 1. The Morgan fingerprint density at radius 2 is 1.73 bits per heavy atom. The number of amides is 2. The second-order valence-electron chi connectivity index (χ2n) is 6.42. The Balaban J connectivity index is 1.55. The fourth-order valence-electron chi connectivity index (χ4n) is 2.77. The molecule has 30 heavy (non-hydrogen) atoms. The molecule has 3 rings (SSSR count). The molecule has 0 saturated carbocycles. The smallest absolute Gasteiger partial charge is 0.247 e. The van der Waals surface area contributed by atoms with Crippen molar-refractivity contribution >= 4 is 17.5 Å². The van der Waals surface area contributed by atoms with Crippen LogP contribution in [0.5, 0.6) is 0 Å². The van der Waals surface area contributed by atoms with Gasteiger partial charge in [-0.05, 0) is 31.2 Å². The lowest BCUT2D eigenvalue weighted by Crippen LogP contribution is -2.38. The van der Waals surface area contributed by atoms with Crippen LogP contribution in [0.25, 0.3) is 11.5 Å². The number of aryl methyl sites for hydroxylation is 1. The van der Waals surface area contributed by atoms with E-state index in [0.717, 1.165) is 17.7 Å². The maximum atomic E-state index is 13.7. The quantitative estimate of drug-likeness (QED) is 0.610. The van der Waals surface area contributed by atoms with Crippen molar-refractivity contribution in [1.82, 2.24) is 15.1 Å². The van der Waals surface area contributed by atoms with Crippen molar-refractivity contribution in [1.29, 1.82) is 0 Å². The Labute approximate surface area is 171 Å². The van der Waals surface area contributed by atoms with Gasteiger partial charge in [0.1, 0.15) is 17.3 Å². The first-order valence-corrected chi connectivity index (χ1v) is 9.37. The summed E-state index contributed by atoms with van der Waals surface area (Å²) < 4.78 is 32.9. The SMILES string of the molecule is CCN(CC(=O)Nc1c(F)cccc1F)C(=O)CCc1nnc(-c2ccccc2)o1. The van der Waals surface area contributed by atoms with E-state index in [1.165, 1.54) is 11.0 Å². The van der Waals surface area contributed by atoms with Crippen LogP contribution in [0.3, 0.4) is 0 Å². The van der Waals surface area contributed by atoms with Gasteiger partial charge in [0.25, 0.3) is 0 Å². The molecular formula is C21H20F2N4O3. The number of aromatic nitrogens is 2. The molecule has 3 aromatic rings. The van der Waals surface area contributed by atoms with Crippen molar-refractivity contribution in [3.63, 3.8) is 0 Å². The van der Waals surface area contributed by atoms with Gasteiger partial charge in [0.15, 0.2) is 0 Å². The topological polar surface area (TPSA) is 88.3 Å². The molecule has 2 aromatic carbocycles. The molecule has 1 N–H and O–H groups in total. The van der Waals surface area contributed by atoms with Gasteiger partial charge in [-0.2, -0.15) is 0 Å². The monoisotopic (exact) mass is 414 g/mol. The van der Waals surface area contributed by atoms with Gasteiger partial charge in [0, 0.05) is 24.9 Å². The number of nitrogens with zero attached hydrogens (tertiary/aromatic N) is 3. The van der Waals surface area contributed by atoms with Gasteiger partial charge in [-0.15, -0.1) is 10.2 Å². The van der Waals surface area contributed by atoms with Gasteiger partial charge in [0.2, 0.25) is 23.6 Å². The van der Waals surface area contributed by atoms with E-state index in [-0.39, 0.29) is 31.8 Å². The highest BCUT2D eigenvalue weighted by Gasteiger charge is 2.19. The highest BCUT2D eigenvalue weighted by atomic mass is 19.1. The molecule has 0 radical (unpaired) electrons. The van der Waals surface area contributed by atoms with Crippen LogP contribution in [0.2, 0.25) is 0 Å². The van der Waals surface area contributed by atoms with Crippen molar-refractivity contribution < 1.29 is 22.8 Å². The third-order valence-electron chi connectivity index (χ3n) is 4.34. The summed E-state index contributed by atoms with van der Waals surface area (Å²) in [7, 11) is 0. The summed E-state index contributed by atoms with van der Waals surface area (Å²) in [6.07, 6.45) is 0.254. The number of carbonyl (C=O) groups is 2. The number of nitrogens with one attached hydrogen (secondary N) is 1. The Bertz CT molecular complexity index is 1000. The van der Waals surface area contributed by atoms with E-state index in [1.807, 2.05) is 30.3 Å². The minimum atomic E-state index is -0.886. The van der Waals surface area contributed by atoms with E-state index in [9.17, 15) is 18.4 Å². The van der Waals surface area contributed by atoms with E-state index in [0.29, 0.717) is 11.8 Å². The third kappa shape index (κ3) is 5.25. The first kappa shape index (κ1) is 21.1. The average Bonchev–Trinajstić information content (AvgIpc) is 3.23. The molecule has 0 atom stereocenters. The fourth-order valence-corrected chi connectivity index (χ4v) is 2.77. The zero-order valence-electron chi connectivity index (χ0n) is 16.3. The Morgan fingerprint density at radius 1 is 1.03 bits per heavy atom. The lowest BCUT2D eigenvalue weighted by atomic mass is 10.2. The molecule has 1 aromatic heterocycles. The number of halogens is 2. The van der Waals surface area contributed by atoms with Gasteiger partial charge in [-0.1, -0.05) is 24.3 Å². The molecule has 0 aliphatic carbocycles. The number of rotatable bonds is 8. The number of benzene rings is 2. The van der Waals surface area contributed by atoms with Crippen molar-refractivity contribution in [2.45, 2.75) is 19.8 Å². The maximum absolute atomic E-state index is 13.7. The van der Waals surface area contributed by atoms with Gasteiger partial charge in [-0.3, -0.25) is 9.59 Å². The second kappa shape index (κ2) is 9.73. The Morgan fingerprint density at radius 3 is 2.40 bits per heavy atom. The molecule has 0 unspecified atom stereocenters. The van der Waals surface area contributed by atoms with E-state index in [1.54, 1.807) is 6.92 Å². The van der Waals surface area contributed by atoms with Crippen LogP contribution in [-0.4, -0.2) is 40.0 Å². The molecule has 2 amide bonds. The van der Waals surface area contributed by atoms with Crippen LogP contribution >= 0.6 is 0 Å². The van der Waals surface area contributed by atoms with Gasteiger partial charge >= 0.3 is 0 Å². The van der Waals surface area contributed by atoms with Crippen LogP contribution in [0.15, 0.2) is 52.9 Å². The first-order chi connectivity index (χ1) is 14.5. The zero-order chi connectivity index (χ0) is 21.5. The largest absolute Gasteiger partial charge is 0.421 e. The van der Waals surface area contributed by atoms with Crippen molar-refractivity contribution in [2.24, 2.45) is 0 Å². The summed E-state index contributed by atoms with van der Waals surface area (Å²) in [5.41, 5.74) is 0.236. The second-order valence-corrected chi connectivity index (χ2v) is 6.42. The normalized spacial score (nSPS) is 10.6. The lowest BCUT2D eigenvalue weighted by Gasteiger charge is -2.20. The summed E-state index contributed by atoms with van der Waals surface area (Å²) in [6, 6.07) is 12.5. The van der Waals surface area contributed by atoms with E-state index in [4.69, 9.17) is 4.42 Å². The molecule has 9 heteroatoms. The fraction of sp³-hybridized carbons (Fsp3) is 0.238. The van der Waals surface area contributed by atoms with Gasteiger partial charge in [-0.25, -0.2) is 8.78 Å². The van der Waals surface area contributed by atoms with E-state index >= 15 is 0 Å².